The number of unbranched alkanes of at least 4 members (excludes halogenated alkanes) is 13. The summed E-state index contributed by atoms with van der Waals surface area (Å²) in [7, 11) is 6.88. The van der Waals surface area contributed by atoms with E-state index in [9.17, 15) is 0 Å². The zero-order valence-electron chi connectivity index (χ0n) is 19.3. The van der Waals surface area contributed by atoms with Crippen LogP contribution in [-0.2, 0) is 0 Å². The van der Waals surface area contributed by atoms with E-state index in [2.05, 4.69) is 33.1 Å². The quantitative estimate of drug-likeness (QED) is 0.258. The van der Waals surface area contributed by atoms with Crippen LogP contribution >= 0.6 is 0 Å². The molecular formula is C24H50N2O2. The molecule has 0 unspecified atom stereocenters. The molecule has 168 valence electrons. The average molecular weight is 399 g/mol. The molecule has 0 radical (unpaired) electrons. The molecule has 0 bridgehead atoms. The highest BCUT2D eigenvalue weighted by Gasteiger charge is 2.04. The lowest BCUT2D eigenvalue weighted by atomic mass is 10.0. The fraction of sp³-hybridized carbons (Fsp3) is 0.792. The first-order valence-electron chi connectivity index (χ1n) is 11.2. The van der Waals surface area contributed by atoms with E-state index < -0.39 is 0 Å². The monoisotopic (exact) mass is 398 g/mol. The first-order valence-corrected chi connectivity index (χ1v) is 11.2. The molecule has 4 nitrogen and oxygen atoms in total. The molecule has 0 atom stereocenters. The van der Waals surface area contributed by atoms with Crippen molar-refractivity contribution < 1.29 is 15.4 Å². The number of aromatic nitrogens is 1. The largest absolute Gasteiger partial charge is 0.870 e. The molecule has 4 heteroatoms. The maximum absolute atomic E-state index is 3.78. The zero-order valence-corrected chi connectivity index (χ0v) is 19.3. The average Bonchev–Trinajstić information content (AvgIpc) is 2.63. The van der Waals surface area contributed by atoms with E-state index >= 15 is 0 Å². The van der Waals surface area contributed by atoms with Gasteiger partial charge >= 0.3 is 0 Å². The Morgan fingerprint density at radius 1 is 0.571 bits per heavy atom. The van der Waals surface area contributed by atoms with Gasteiger partial charge in [0, 0.05) is 12.4 Å². The van der Waals surface area contributed by atoms with E-state index in [1.165, 1.54) is 96.4 Å². The normalized spacial score (nSPS) is 10.3. The SMILES string of the molecule is CCCCCCCCCCCCCCCC[N+](C)(C)C.O.[OH-].c1ccncc1. The summed E-state index contributed by atoms with van der Waals surface area (Å²) in [4.78, 5) is 3.78. The summed E-state index contributed by atoms with van der Waals surface area (Å²) in [6, 6.07) is 5.72. The van der Waals surface area contributed by atoms with Gasteiger partial charge in [-0.05, 0) is 25.0 Å². The Kier molecular flexibility index (Phi) is 27.3. The van der Waals surface area contributed by atoms with Crippen LogP contribution in [0.4, 0.5) is 0 Å². The van der Waals surface area contributed by atoms with Crippen molar-refractivity contribution in [2.45, 2.75) is 96.8 Å². The third kappa shape index (κ3) is 29.8. The lowest BCUT2D eigenvalue weighted by Gasteiger charge is -2.23. The Hall–Kier alpha value is -0.970. The van der Waals surface area contributed by atoms with Crippen molar-refractivity contribution in [3.05, 3.63) is 30.6 Å². The molecule has 0 amide bonds. The molecule has 0 aromatic carbocycles. The minimum absolute atomic E-state index is 0. The lowest BCUT2D eigenvalue weighted by Crippen LogP contribution is -2.35. The van der Waals surface area contributed by atoms with Crippen LogP contribution < -0.4 is 0 Å². The number of hydrogen-bond donors (Lipinski definition) is 0. The van der Waals surface area contributed by atoms with E-state index in [0.717, 1.165) is 4.48 Å². The van der Waals surface area contributed by atoms with Crippen molar-refractivity contribution in [2.24, 2.45) is 0 Å². The Balaban J connectivity index is -0.000000662. The van der Waals surface area contributed by atoms with Crippen molar-refractivity contribution in [3.8, 4) is 0 Å². The number of nitrogens with zero attached hydrogens (tertiary/aromatic N) is 2. The Bertz CT molecular complexity index is 340. The highest BCUT2D eigenvalue weighted by molar-refractivity contribution is 4.88. The molecule has 1 rings (SSSR count). The minimum atomic E-state index is 0. The molecule has 0 fully saturated rings. The third-order valence-corrected chi connectivity index (χ3v) is 4.75. The van der Waals surface area contributed by atoms with Gasteiger partial charge in [-0.15, -0.1) is 0 Å². The predicted octanol–water partition coefficient (Wildman–Crippen LogP) is 6.25. The van der Waals surface area contributed by atoms with Crippen molar-refractivity contribution in [1.29, 1.82) is 0 Å². The zero-order chi connectivity index (χ0) is 19.3. The number of pyridine rings is 1. The molecule has 1 aromatic rings. The molecule has 0 saturated heterocycles. The number of quaternary nitrogens is 1. The van der Waals surface area contributed by atoms with Crippen molar-refractivity contribution in [2.75, 3.05) is 27.7 Å². The van der Waals surface area contributed by atoms with Gasteiger partial charge in [0.1, 0.15) is 0 Å². The first kappa shape index (κ1) is 31.7. The van der Waals surface area contributed by atoms with Crippen molar-refractivity contribution in [3.63, 3.8) is 0 Å². The van der Waals surface area contributed by atoms with Gasteiger partial charge in [-0.2, -0.15) is 0 Å². The van der Waals surface area contributed by atoms with Crippen LogP contribution in [-0.4, -0.2) is 48.1 Å². The highest BCUT2D eigenvalue weighted by atomic mass is 16.0. The molecule has 0 aliphatic carbocycles. The number of hydrogen-bond acceptors (Lipinski definition) is 2. The van der Waals surface area contributed by atoms with Gasteiger partial charge in [0.25, 0.3) is 0 Å². The van der Waals surface area contributed by atoms with Gasteiger partial charge in [-0.3, -0.25) is 4.98 Å². The molecular weight excluding hydrogens is 348 g/mol. The molecule has 0 aliphatic rings. The standard InChI is InChI=1S/C19H42N.C5H5N.2H2O/c1-5-6-7-8-9-10-11-12-13-14-15-16-17-18-19-20(2,3)4;1-2-4-6-5-3-1;;/h5-19H2,1-4H3;1-5H;2*1H2/q+1;;;/p-1. The fourth-order valence-electron chi connectivity index (χ4n) is 3.09. The van der Waals surface area contributed by atoms with Crippen molar-refractivity contribution >= 4 is 0 Å². The van der Waals surface area contributed by atoms with Gasteiger partial charge in [0.05, 0.1) is 27.7 Å². The second kappa shape index (κ2) is 24.1. The number of rotatable bonds is 15. The van der Waals surface area contributed by atoms with E-state index in [4.69, 9.17) is 0 Å². The summed E-state index contributed by atoms with van der Waals surface area (Å²) < 4.78 is 1.12. The molecule has 1 aromatic heterocycles. The van der Waals surface area contributed by atoms with Crippen LogP contribution in [0.5, 0.6) is 0 Å². The van der Waals surface area contributed by atoms with Crippen LogP contribution in [0.2, 0.25) is 0 Å². The van der Waals surface area contributed by atoms with E-state index in [-0.39, 0.29) is 11.0 Å². The molecule has 0 saturated carbocycles. The maximum atomic E-state index is 3.78. The maximum Gasteiger partial charge on any atom is 0.0780 e. The van der Waals surface area contributed by atoms with Crippen molar-refractivity contribution in [1.82, 2.24) is 4.98 Å². The fourth-order valence-corrected chi connectivity index (χ4v) is 3.09. The second-order valence-electron chi connectivity index (χ2n) is 8.63. The first-order chi connectivity index (χ1) is 12.6. The summed E-state index contributed by atoms with van der Waals surface area (Å²) in [5.41, 5.74) is 0. The summed E-state index contributed by atoms with van der Waals surface area (Å²) in [6.45, 7) is 3.63. The van der Waals surface area contributed by atoms with E-state index in [1.807, 2.05) is 18.2 Å². The van der Waals surface area contributed by atoms with E-state index in [1.54, 1.807) is 12.4 Å². The van der Waals surface area contributed by atoms with Gasteiger partial charge in [0.2, 0.25) is 0 Å². The molecule has 1 heterocycles. The van der Waals surface area contributed by atoms with Gasteiger partial charge in [-0.1, -0.05) is 90.0 Å². The van der Waals surface area contributed by atoms with Crippen LogP contribution in [0.25, 0.3) is 0 Å². The smallest absolute Gasteiger partial charge is 0.0780 e. The molecule has 0 spiro atoms. The summed E-state index contributed by atoms with van der Waals surface area (Å²) in [5, 5.41) is 0. The van der Waals surface area contributed by atoms with Crippen LogP contribution in [0.15, 0.2) is 30.6 Å². The second-order valence-corrected chi connectivity index (χ2v) is 8.63. The van der Waals surface area contributed by atoms with E-state index in [0.29, 0.717) is 0 Å². The van der Waals surface area contributed by atoms with Gasteiger partial charge < -0.3 is 15.4 Å². The highest BCUT2D eigenvalue weighted by Crippen LogP contribution is 2.13. The summed E-state index contributed by atoms with van der Waals surface area (Å²) in [6.07, 6.45) is 23.9. The Morgan fingerprint density at radius 2 is 0.929 bits per heavy atom. The predicted molar refractivity (Wildman–Crippen MR) is 123 cm³/mol. The summed E-state index contributed by atoms with van der Waals surface area (Å²) >= 11 is 0. The van der Waals surface area contributed by atoms with Gasteiger partial charge in [0.15, 0.2) is 0 Å². The summed E-state index contributed by atoms with van der Waals surface area (Å²) in [5.74, 6) is 0. The minimum Gasteiger partial charge on any atom is -0.870 e. The van der Waals surface area contributed by atoms with Crippen LogP contribution in [0, 0.1) is 0 Å². The Morgan fingerprint density at radius 3 is 1.18 bits per heavy atom. The van der Waals surface area contributed by atoms with Crippen LogP contribution in [0.1, 0.15) is 96.8 Å². The molecule has 0 aliphatic heterocycles. The van der Waals surface area contributed by atoms with Crippen LogP contribution in [0.3, 0.4) is 0 Å². The lowest BCUT2D eigenvalue weighted by molar-refractivity contribution is -0.870. The third-order valence-electron chi connectivity index (χ3n) is 4.75. The van der Waals surface area contributed by atoms with Gasteiger partial charge in [-0.25, -0.2) is 0 Å². The topological polar surface area (TPSA) is 74.4 Å². The molecule has 3 N–H and O–H groups in total. The Labute approximate surface area is 176 Å². The molecule has 28 heavy (non-hydrogen) atoms.